The summed E-state index contributed by atoms with van der Waals surface area (Å²) in [6.45, 7) is 1.84. The maximum atomic E-state index is 12.6. The summed E-state index contributed by atoms with van der Waals surface area (Å²) in [6.07, 6.45) is 6.86. The Balaban J connectivity index is 1.65. The number of para-hydroxylation sites is 1. The molecule has 2 aromatic carbocycles. The molecule has 0 saturated carbocycles. The molecular formula is C21H16N4O. The summed E-state index contributed by atoms with van der Waals surface area (Å²) in [5.74, 6) is -0.183. The van der Waals surface area contributed by atoms with E-state index in [0.717, 1.165) is 22.0 Å². The van der Waals surface area contributed by atoms with Gasteiger partial charge in [-0.3, -0.25) is 9.78 Å². The van der Waals surface area contributed by atoms with Crippen LogP contribution < -0.4 is 0 Å². The maximum Gasteiger partial charge on any atom is 0.208 e. The average molecular weight is 340 g/mol. The van der Waals surface area contributed by atoms with Crippen molar-refractivity contribution in [2.75, 3.05) is 0 Å². The summed E-state index contributed by atoms with van der Waals surface area (Å²) < 4.78 is 1.67. The van der Waals surface area contributed by atoms with Crippen molar-refractivity contribution < 1.29 is 4.79 Å². The van der Waals surface area contributed by atoms with Crippen LogP contribution in [0.2, 0.25) is 0 Å². The number of benzene rings is 2. The molecule has 2 aromatic heterocycles. The highest BCUT2D eigenvalue weighted by molar-refractivity contribution is 6.07. The van der Waals surface area contributed by atoms with Crippen LogP contribution in [0.3, 0.4) is 0 Å². The molecule has 0 N–H and O–H groups in total. The number of carbonyl (C=O) groups excluding carboxylic acids is 1. The minimum absolute atomic E-state index is 0.183. The SMILES string of the molecule is Cc1c(C(=O)/C=C/c2cncc3ccccc23)nnn1-c1ccccc1. The smallest absolute Gasteiger partial charge is 0.208 e. The molecule has 0 atom stereocenters. The lowest BCUT2D eigenvalue weighted by Gasteiger charge is -2.02. The average Bonchev–Trinajstić information content (AvgIpc) is 3.08. The van der Waals surface area contributed by atoms with Gasteiger partial charge >= 0.3 is 0 Å². The van der Waals surface area contributed by atoms with Gasteiger partial charge in [0.25, 0.3) is 0 Å². The molecule has 0 spiro atoms. The second-order valence-corrected chi connectivity index (χ2v) is 5.92. The molecule has 5 nitrogen and oxygen atoms in total. The lowest BCUT2D eigenvalue weighted by atomic mass is 10.1. The minimum Gasteiger partial charge on any atom is -0.287 e. The van der Waals surface area contributed by atoms with E-state index in [0.29, 0.717) is 11.4 Å². The van der Waals surface area contributed by atoms with Crippen molar-refractivity contribution in [1.82, 2.24) is 20.0 Å². The van der Waals surface area contributed by atoms with E-state index >= 15 is 0 Å². The molecule has 4 rings (SSSR count). The fourth-order valence-electron chi connectivity index (χ4n) is 2.89. The van der Waals surface area contributed by atoms with Crippen LogP contribution in [0, 0.1) is 6.92 Å². The third-order valence-electron chi connectivity index (χ3n) is 4.24. The number of hydrogen-bond acceptors (Lipinski definition) is 4. The summed E-state index contributed by atoms with van der Waals surface area (Å²) in [6, 6.07) is 17.6. The van der Waals surface area contributed by atoms with E-state index in [1.165, 1.54) is 6.08 Å². The molecule has 2 heterocycles. The highest BCUT2D eigenvalue weighted by atomic mass is 16.1. The van der Waals surface area contributed by atoms with Crippen LogP contribution in [0.25, 0.3) is 22.5 Å². The Labute approximate surface area is 150 Å². The number of rotatable bonds is 4. The van der Waals surface area contributed by atoms with Crippen LogP contribution in [-0.2, 0) is 0 Å². The summed E-state index contributed by atoms with van der Waals surface area (Å²) in [5.41, 5.74) is 2.82. The third-order valence-corrected chi connectivity index (χ3v) is 4.24. The molecule has 126 valence electrons. The van der Waals surface area contributed by atoms with Gasteiger partial charge < -0.3 is 0 Å². The van der Waals surface area contributed by atoms with Crippen molar-refractivity contribution in [2.24, 2.45) is 0 Å². The van der Waals surface area contributed by atoms with E-state index in [9.17, 15) is 4.79 Å². The molecule has 26 heavy (non-hydrogen) atoms. The number of hydrogen-bond donors (Lipinski definition) is 0. The normalized spacial score (nSPS) is 11.3. The predicted molar refractivity (Wildman–Crippen MR) is 101 cm³/mol. The van der Waals surface area contributed by atoms with Gasteiger partial charge in [0.15, 0.2) is 5.69 Å². The predicted octanol–water partition coefficient (Wildman–Crippen LogP) is 4.02. The summed E-state index contributed by atoms with van der Waals surface area (Å²) in [4.78, 5) is 16.8. The van der Waals surface area contributed by atoms with Gasteiger partial charge in [-0.25, -0.2) is 4.68 Å². The van der Waals surface area contributed by atoms with Crippen LogP contribution in [0.1, 0.15) is 21.7 Å². The van der Waals surface area contributed by atoms with Gasteiger partial charge in [-0.1, -0.05) is 47.7 Å². The van der Waals surface area contributed by atoms with E-state index in [1.54, 1.807) is 17.0 Å². The first-order chi connectivity index (χ1) is 12.7. The van der Waals surface area contributed by atoms with Crippen LogP contribution >= 0.6 is 0 Å². The van der Waals surface area contributed by atoms with Crippen molar-refractivity contribution in [1.29, 1.82) is 0 Å². The van der Waals surface area contributed by atoms with E-state index in [-0.39, 0.29) is 5.78 Å². The second-order valence-electron chi connectivity index (χ2n) is 5.92. The maximum absolute atomic E-state index is 12.6. The lowest BCUT2D eigenvalue weighted by Crippen LogP contribution is -2.01. The summed E-state index contributed by atoms with van der Waals surface area (Å²) >= 11 is 0. The molecule has 0 aliphatic rings. The molecule has 0 saturated heterocycles. The van der Waals surface area contributed by atoms with Crippen molar-refractivity contribution >= 4 is 22.6 Å². The Hall–Kier alpha value is -3.60. The first kappa shape index (κ1) is 15.9. The first-order valence-corrected chi connectivity index (χ1v) is 8.27. The number of allylic oxidation sites excluding steroid dienone is 1. The van der Waals surface area contributed by atoms with Crippen LogP contribution in [0.4, 0.5) is 0 Å². The number of pyridine rings is 1. The number of fused-ring (bicyclic) bond motifs is 1. The van der Waals surface area contributed by atoms with Crippen molar-refractivity contribution in [3.63, 3.8) is 0 Å². The van der Waals surface area contributed by atoms with Crippen molar-refractivity contribution in [2.45, 2.75) is 6.92 Å². The van der Waals surface area contributed by atoms with Gasteiger partial charge in [0.05, 0.1) is 11.4 Å². The molecule has 0 radical (unpaired) electrons. The Morgan fingerprint density at radius 2 is 1.77 bits per heavy atom. The lowest BCUT2D eigenvalue weighted by molar-refractivity contribution is 0.104. The van der Waals surface area contributed by atoms with Crippen molar-refractivity contribution in [3.8, 4) is 5.69 Å². The van der Waals surface area contributed by atoms with Crippen LogP contribution in [0.5, 0.6) is 0 Å². The molecule has 5 heteroatoms. The number of aromatic nitrogens is 4. The summed E-state index contributed by atoms with van der Waals surface area (Å²) in [5, 5.41) is 10.3. The third kappa shape index (κ3) is 2.91. The van der Waals surface area contributed by atoms with Crippen molar-refractivity contribution in [3.05, 3.63) is 90.0 Å². The van der Waals surface area contributed by atoms with Gasteiger partial charge in [0.1, 0.15) is 0 Å². The van der Waals surface area contributed by atoms with E-state index in [2.05, 4.69) is 15.3 Å². The molecule has 4 aromatic rings. The zero-order valence-electron chi connectivity index (χ0n) is 14.2. The molecule has 0 bridgehead atoms. The number of carbonyl (C=O) groups is 1. The fourth-order valence-corrected chi connectivity index (χ4v) is 2.89. The Morgan fingerprint density at radius 1 is 1.00 bits per heavy atom. The van der Waals surface area contributed by atoms with Gasteiger partial charge in [-0.2, -0.15) is 0 Å². The monoisotopic (exact) mass is 340 g/mol. The Kier molecular flexibility index (Phi) is 4.11. The van der Waals surface area contributed by atoms with Gasteiger partial charge in [-0.05, 0) is 36.6 Å². The minimum atomic E-state index is -0.183. The van der Waals surface area contributed by atoms with Gasteiger partial charge in [0.2, 0.25) is 5.78 Å². The van der Waals surface area contributed by atoms with Gasteiger partial charge in [-0.15, -0.1) is 5.10 Å². The van der Waals surface area contributed by atoms with E-state index in [4.69, 9.17) is 0 Å². The van der Waals surface area contributed by atoms with E-state index in [1.807, 2.05) is 67.7 Å². The highest BCUT2D eigenvalue weighted by Crippen LogP contribution is 2.19. The van der Waals surface area contributed by atoms with Crippen LogP contribution in [-0.4, -0.2) is 25.8 Å². The summed E-state index contributed by atoms with van der Waals surface area (Å²) in [7, 11) is 0. The quantitative estimate of drug-likeness (QED) is 0.416. The van der Waals surface area contributed by atoms with Crippen LogP contribution in [0.15, 0.2) is 73.1 Å². The highest BCUT2D eigenvalue weighted by Gasteiger charge is 2.15. The van der Waals surface area contributed by atoms with Gasteiger partial charge in [0, 0.05) is 23.3 Å². The first-order valence-electron chi connectivity index (χ1n) is 8.27. The topological polar surface area (TPSA) is 60.7 Å². The largest absolute Gasteiger partial charge is 0.287 e. The second kappa shape index (κ2) is 6.72. The number of ketones is 1. The number of nitrogens with zero attached hydrogens (tertiary/aromatic N) is 4. The fraction of sp³-hybridized carbons (Fsp3) is 0.0476. The zero-order valence-corrected chi connectivity index (χ0v) is 14.2. The Bertz CT molecular complexity index is 1110. The molecule has 0 unspecified atom stereocenters. The molecule has 0 amide bonds. The molecule has 0 aliphatic carbocycles. The van der Waals surface area contributed by atoms with E-state index < -0.39 is 0 Å². The zero-order chi connectivity index (χ0) is 17.9. The molecular weight excluding hydrogens is 324 g/mol. The Morgan fingerprint density at radius 3 is 2.62 bits per heavy atom. The molecule has 0 aliphatic heterocycles. The molecule has 0 fully saturated rings. The standard InChI is InChI=1S/C21H16N4O/c1-15-21(23-24-25(15)18-8-3-2-4-9-18)20(26)12-11-17-14-22-13-16-7-5-6-10-19(16)17/h2-14H,1H3/b12-11+.